The summed E-state index contributed by atoms with van der Waals surface area (Å²) in [7, 11) is 0. The lowest BCUT2D eigenvalue weighted by atomic mass is 10.3. The second-order valence-corrected chi connectivity index (χ2v) is 5.77. The molecule has 102 valence electrons. The second-order valence-electron chi connectivity index (χ2n) is 4.49. The fourth-order valence-corrected chi connectivity index (χ4v) is 3.02. The summed E-state index contributed by atoms with van der Waals surface area (Å²) in [6.07, 6.45) is 2.26. The summed E-state index contributed by atoms with van der Waals surface area (Å²) >= 11 is 7.35. The predicted octanol–water partition coefficient (Wildman–Crippen LogP) is 3.54. The van der Waals surface area contributed by atoms with E-state index in [2.05, 4.69) is 10.3 Å². The molecule has 0 bridgehead atoms. The lowest BCUT2D eigenvalue weighted by Gasteiger charge is -2.04. The quantitative estimate of drug-likeness (QED) is 0.804. The standard InChI is InChI=1S/C14H12ClN3OS/c1-9-7-18-12(8-20-14(18)16-9)6-13(19)17-11-4-2-10(15)3-5-11/h2-5,7-8H,6H2,1H3,(H,17,19). The van der Waals surface area contributed by atoms with Gasteiger partial charge in [-0.1, -0.05) is 11.6 Å². The van der Waals surface area contributed by atoms with Gasteiger partial charge in [0.05, 0.1) is 12.1 Å². The van der Waals surface area contributed by atoms with Crippen molar-refractivity contribution in [3.63, 3.8) is 0 Å². The number of hydrogen-bond acceptors (Lipinski definition) is 3. The number of carbonyl (C=O) groups is 1. The Morgan fingerprint density at radius 3 is 2.90 bits per heavy atom. The number of halogens is 1. The third-order valence-corrected chi connectivity index (χ3v) is 4.01. The first-order valence-corrected chi connectivity index (χ1v) is 7.35. The Morgan fingerprint density at radius 1 is 1.40 bits per heavy atom. The predicted molar refractivity (Wildman–Crippen MR) is 81.6 cm³/mol. The number of nitrogens with zero attached hydrogens (tertiary/aromatic N) is 2. The van der Waals surface area contributed by atoms with E-state index in [1.807, 2.05) is 22.9 Å². The van der Waals surface area contributed by atoms with Crippen molar-refractivity contribution in [3.05, 3.63) is 52.3 Å². The summed E-state index contributed by atoms with van der Waals surface area (Å²) < 4.78 is 1.96. The molecule has 0 saturated heterocycles. The van der Waals surface area contributed by atoms with Gasteiger partial charge in [-0.2, -0.15) is 0 Å². The monoisotopic (exact) mass is 305 g/mol. The Balaban J connectivity index is 1.73. The molecule has 0 radical (unpaired) electrons. The van der Waals surface area contributed by atoms with E-state index in [0.29, 0.717) is 11.4 Å². The molecule has 0 aliphatic carbocycles. The molecular weight excluding hydrogens is 294 g/mol. The van der Waals surface area contributed by atoms with Crippen LogP contribution >= 0.6 is 22.9 Å². The minimum Gasteiger partial charge on any atom is -0.326 e. The Kier molecular flexibility index (Phi) is 3.46. The molecule has 0 saturated carbocycles. The Morgan fingerprint density at radius 2 is 2.15 bits per heavy atom. The van der Waals surface area contributed by atoms with Crippen LogP contribution < -0.4 is 5.32 Å². The van der Waals surface area contributed by atoms with Gasteiger partial charge in [0.15, 0.2) is 4.96 Å². The maximum atomic E-state index is 12.0. The minimum absolute atomic E-state index is 0.0571. The van der Waals surface area contributed by atoms with Gasteiger partial charge in [-0.05, 0) is 31.2 Å². The number of aromatic nitrogens is 2. The van der Waals surface area contributed by atoms with Gasteiger partial charge < -0.3 is 5.32 Å². The third kappa shape index (κ3) is 2.69. The fraction of sp³-hybridized carbons (Fsp3) is 0.143. The molecule has 0 fully saturated rings. The molecule has 0 unspecified atom stereocenters. The molecule has 20 heavy (non-hydrogen) atoms. The van der Waals surface area contributed by atoms with Crippen molar-refractivity contribution in [1.82, 2.24) is 9.38 Å². The summed E-state index contributed by atoms with van der Waals surface area (Å²) in [5.41, 5.74) is 2.64. The van der Waals surface area contributed by atoms with Gasteiger partial charge in [0, 0.05) is 28.0 Å². The highest BCUT2D eigenvalue weighted by Crippen LogP contribution is 2.18. The van der Waals surface area contributed by atoms with Crippen molar-refractivity contribution >= 4 is 39.5 Å². The van der Waals surface area contributed by atoms with Crippen LogP contribution in [0.2, 0.25) is 5.02 Å². The van der Waals surface area contributed by atoms with Crippen LogP contribution in [0.3, 0.4) is 0 Å². The highest BCUT2D eigenvalue weighted by molar-refractivity contribution is 7.15. The molecule has 1 aromatic carbocycles. The number of aryl methyl sites for hydroxylation is 1. The van der Waals surface area contributed by atoms with Crippen molar-refractivity contribution in [1.29, 1.82) is 0 Å². The van der Waals surface area contributed by atoms with Crippen LogP contribution in [0, 0.1) is 6.92 Å². The number of anilines is 1. The molecule has 3 rings (SSSR count). The Bertz CT molecular complexity index is 760. The first-order valence-electron chi connectivity index (χ1n) is 6.09. The maximum absolute atomic E-state index is 12.0. The normalized spacial score (nSPS) is 10.9. The average Bonchev–Trinajstić information content (AvgIpc) is 2.93. The first kappa shape index (κ1) is 13.1. The van der Waals surface area contributed by atoms with E-state index < -0.39 is 0 Å². The van der Waals surface area contributed by atoms with Crippen LogP contribution in [0.4, 0.5) is 5.69 Å². The number of fused-ring (bicyclic) bond motifs is 1. The molecule has 6 heteroatoms. The molecular formula is C14H12ClN3OS. The van der Waals surface area contributed by atoms with Crippen molar-refractivity contribution in [2.24, 2.45) is 0 Å². The van der Waals surface area contributed by atoms with Crippen molar-refractivity contribution < 1.29 is 4.79 Å². The zero-order chi connectivity index (χ0) is 14.1. The van der Waals surface area contributed by atoms with E-state index in [-0.39, 0.29) is 5.91 Å². The minimum atomic E-state index is -0.0571. The number of imidazole rings is 1. The number of benzene rings is 1. The molecule has 0 aliphatic heterocycles. The number of rotatable bonds is 3. The molecule has 0 spiro atoms. The number of hydrogen-bond donors (Lipinski definition) is 1. The van der Waals surface area contributed by atoms with Crippen LogP contribution in [0.15, 0.2) is 35.8 Å². The zero-order valence-corrected chi connectivity index (χ0v) is 12.3. The summed E-state index contributed by atoms with van der Waals surface area (Å²) in [4.78, 5) is 17.3. The van der Waals surface area contributed by atoms with Gasteiger partial charge >= 0.3 is 0 Å². The van der Waals surface area contributed by atoms with E-state index in [4.69, 9.17) is 11.6 Å². The van der Waals surface area contributed by atoms with Crippen LogP contribution in [0.5, 0.6) is 0 Å². The Hall–Kier alpha value is -1.85. The van der Waals surface area contributed by atoms with Crippen molar-refractivity contribution in [2.75, 3.05) is 5.32 Å². The lowest BCUT2D eigenvalue weighted by Crippen LogP contribution is -2.15. The van der Waals surface area contributed by atoms with E-state index in [1.54, 1.807) is 24.3 Å². The number of thiazole rings is 1. The topological polar surface area (TPSA) is 46.4 Å². The summed E-state index contributed by atoms with van der Waals surface area (Å²) in [6, 6.07) is 7.06. The van der Waals surface area contributed by atoms with Crippen LogP contribution in [-0.2, 0) is 11.2 Å². The van der Waals surface area contributed by atoms with Gasteiger partial charge in [0.25, 0.3) is 0 Å². The van der Waals surface area contributed by atoms with E-state index in [9.17, 15) is 4.79 Å². The number of amides is 1. The average molecular weight is 306 g/mol. The smallest absolute Gasteiger partial charge is 0.230 e. The molecule has 3 aromatic rings. The highest BCUT2D eigenvalue weighted by atomic mass is 35.5. The van der Waals surface area contributed by atoms with Crippen molar-refractivity contribution in [2.45, 2.75) is 13.3 Å². The first-order chi connectivity index (χ1) is 9.61. The largest absolute Gasteiger partial charge is 0.326 e. The molecule has 1 amide bonds. The number of carbonyl (C=O) groups excluding carboxylic acids is 1. The van der Waals surface area contributed by atoms with Gasteiger partial charge in [-0.3, -0.25) is 9.20 Å². The Labute approximate surface area is 125 Å². The maximum Gasteiger partial charge on any atom is 0.230 e. The van der Waals surface area contributed by atoms with E-state index >= 15 is 0 Å². The van der Waals surface area contributed by atoms with Gasteiger partial charge in [0.2, 0.25) is 5.91 Å². The van der Waals surface area contributed by atoms with E-state index in [1.165, 1.54) is 11.3 Å². The van der Waals surface area contributed by atoms with Crippen LogP contribution in [0.25, 0.3) is 4.96 Å². The fourth-order valence-electron chi connectivity index (χ4n) is 1.97. The molecule has 1 N–H and O–H groups in total. The van der Waals surface area contributed by atoms with E-state index in [0.717, 1.165) is 22.0 Å². The third-order valence-electron chi connectivity index (χ3n) is 2.87. The summed E-state index contributed by atoms with van der Waals surface area (Å²) in [5, 5.41) is 5.46. The SMILES string of the molecule is Cc1cn2c(CC(=O)Nc3ccc(Cl)cc3)csc2n1. The van der Waals surface area contributed by atoms with Gasteiger partial charge in [-0.15, -0.1) is 11.3 Å². The molecule has 0 aliphatic rings. The molecule has 0 atom stereocenters. The van der Waals surface area contributed by atoms with Crippen LogP contribution in [-0.4, -0.2) is 15.3 Å². The molecule has 4 nitrogen and oxygen atoms in total. The van der Waals surface area contributed by atoms with Crippen molar-refractivity contribution in [3.8, 4) is 0 Å². The van der Waals surface area contributed by atoms with Gasteiger partial charge in [0.1, 0.15) is 0 Å². The number of nitrogens with one attached hydrogen (secondary N) is 1. The lowest BCUT2D eigenvalue weighted by molar-refractivity contribution is -0.115. The molecule has 2 aromatic heterocycles. The summed E-state index contributed by atoms with van der Waals surface area (Å²) in [6.45, 7) is 1.94. The second kappa shape index (κ2) is 5.26. The zero-order valence-electron chi connectivity index (χ0n) is 10.8. The highest BCUT2D eigenvalue weighted by Gasteiger charge is 2.10. The van der Waals surface area contributed by atoms with Gasteiger partial charge in [-0.25, -0.2) is 4.98 Å². The summed E-state index contributed by atoms with van der Waals surface area (Å²) in [5.74, 6) is -0.0571. The molecule has 2 heterocycles. The van der Waals surface area contributed by atoms with Crippen LogP contribution in [0.1, 0.15) is 11.4 Å².